The first kappa shape index (κ1) is 101. The molecule has 0 radical (unpaired) electrons. The van der Waals surface area contributed by atoms with Gasteiger partial charge in [0, 0.05) is 91.0 Å². The quantitative estimate of drug-likeness (QED) is 0.0468. The van der Waals surface area contributed by atoms with Gasteiger partial charge in [-0.3, -0.25) is 0 Å². The number of aromatic nitrogens is 8. The molecule has 0 saturated carbocycles. The molecule has 19 heteroatoms. The molecule has 2 aliphatic heterocycles. The topological polar surface area (TPSA) is 191 Å². The van der Waals surface area contributed by atoms with E-state index >= 15 is 4.39 Å². The van der Waals surface area contributed by atoms with E-state index < -0.39 is 8.25 Å². The Kier molecular flexibility index (Phi) is 33.5. The monoisotopic (exact) mass is 1890 g/mol. The molecule has 1 N–H and O–H groups in total. The van der Waals surface area contributed by atoms with E-state index in [1.165, 1.54) is 203 Å². The van der Waals surface area contributed by atoms with Crippen molar-refractivity contribution < 1.29 is 75.2 Å². The Morgan fingerprint density at radius 2 is 0.511 bits per heavy atom. The second-order valence-corrected chi connectivity index (χ2v) is 35.3. The second-order valence-electron chi connectivity index (χ2n) is 34.7. The molecule has 14 aromatic carbocycles. The van der Waals surface area contributed by atoms with Crippen LogP contribution in [-0.4, -0.2) is 103 Å². The van der Waals surface area contributed by atoms with E-state index in [1.54, 1.807) is 6.07 Å². The summed E-state index contributed by atoms with van der Waals surface area (Å²) in [5.74, 6) is 2.10. The molecule has 0 fully saturated rings. The van der Waals surface area contributed by atoms with Gasteiger partial charge in [-0.05, 0) is 281 Å². The zero-order valence-corrected chi connectivity index (χ0v) is 91.5. The van der Waals surface area contributed by atoms with Crippen molar-refractivity contribution in [2.24, 2.45) is 0 Å². The van der Waals surface area contributed by atoms with Crippen LogP contribution >= 0.6 is 8.25 Å². The third-order valence-electron chi connectivity index (χ3n) is 27.3. The summed E-state index contributed by atoms with van der Waals surface area (Å²) in [5, 5.41) is 12.3. The van der Waals surface area contributed by atoms with E-state index in [9.17, 15) is 0 Å². The zero-order chi connectivity index (χ0) is 95.9. The summed E-state index contributed by atoms with van der Waals surface area (Å²) in [6.07, 6.45) is 1.94. The molecule has 0 saturated heterocycles. The van der Waals surface area contributed by atoms with Gasteiger partial charge in [0.1, 0.15) is 5.82 Å². The third kappa shape index (κ3) is 21.7. The Labute approximate surface area is 892 Å². The number of hydrogen-bond acceptors (Lipinski definition) is 14. The molecule has 0 amide bonds. The number of fused-ring (bicyclic) bond motifs is 4. The first-order chi connectivity index (χ1) is 65.8. The van der Waals surface area contributed by atoms with Gasteiger partial charge in [0.25, 0.3) is 0 Å². The minimum absolute atomic E-state index is 0. The molecule has 1 atom stereocenters. The standard InChI is InChI=1S/C59H51N5.C38H25FN4.C21H27N.3K.HO4P/c1-35-37(3)41(7)56-48(39(35)5)32-49-40(6)36(2)38(4)42(8)57(49)64(56)55-30-29-47(53-33-51(43-21-13-9-14-22-43)60-58(62-53)45-25-17-11-18-26-45)31-50(55)54-34-52(44-23-15-10-16-24-44)61-59(63-54)46-27-19-12-20-28-46;39-32-22-21-30(35-24-33(26-13-5-1-6-14-26)40-37(42-35)28-17-9-3-10-18-28)23-31(32)36-25-34(27-15-7-2-8-16-27)41-38(43-36)29-19-11-4-12-20-29;1-10-12(3)16(7)20-18(14(10)5)9-19-15(6)11(2)13(4)17(8)21(19)22-20;;;;1-4-5(2)3/h9-31,33-34H,32H2,1-8H3;1-25H;22H,9H2,1-8H3;;;;1H/q;;;;;+1;/p-1. The number of nitrogens with one attached hydrogen (secondary N) is 1. The summed E-state index contributed by atoms with van der Waals surface area (Å²) in [5.41, 5.74) is 50.9. The molecule has 14 nitrogen and oxygen atoms in total. The molecule has 0 aliphatic carbocycles. The van der Waals surface area contributed by atoms with Crippen LogP contribution in [0.5, 0.6) is 0 Å². The number of nitrogens with zero attached hydrogens (tertiary/aromatic N) is 9. The van der Waals surface area contributed by atoms with Gasteiger partial charge in [-0.2, -0.15) is 0 Å². The summed E-state index contributed by atoms with van der Waals surface area (Å²) in [4.78, 5) is 52.1. The molecule has 1 unspecified atom stereocenters. The molecule has 0 spiro atoms. The van der Waals surface area contributed by atoms with Crippen molar-refractivity contribution in [1.29, 1.82) is 0 Å². The van der Waals surface area contributed by atoms with Gasteiger partial charge in [0.2, 0.25) is 0 Å². The Morgan fingerprint density at radius 1 is 0.285 bits per heavy atom. The zero-order valence-electron chi connectivity index (χ0n) is 81.3. The van der Waals surface area contributed by atoms with Crippen molar-refractivity contribution in [3.63, 3.8) is 0 Å². The van der Waals surface area contributed by atoms with Crippen LogP contribution in [-0.2, 0) is 22.1 Å². The normalized spacial score (nSPS) is 11.5. The number of anilines is 5. The van der Waals surface area contributed by atoms with Crippen molar-refractivity contribution in [1.82, 2.24) is 39.9 Å². The summed E-state index contributed by atoms with van der Waals surface area (Å²) in [6.45, 7) is 36.4. The fourth-order valence-electron chi connectivity index (χ4n) is 18.4. The molecule has 664 valence electrons. The van der Waals surface area contributed by atoms with Crippen molar-refractivity contribution in [3.8, 4) is 136 Å². The van der Waals surface area contributed by atoms with Crippen LogP contribution in [0.3, 0.4) is 0 Å². The fraction of sp³-hybridized carbons (Fsp3) is 0.153. The molecule has 18 aromatic rings. The van der Waals surface area contributed by atoms with Gasteiger partial charge in [-0.1, -0.05) is 249 Å². The summed E-state index contributed by atoms with van der Waals surface area (Å²) >= 11 is 2.50. The first-order valence-corrected chi connectivity index (χ1v) is 63.2. The molecular weight excluding hydrogens is 1790 g/mol. The predicted molar refractivity (Wildman–Crippen MR) is 553 cm³/mol. The van der Waals surface area contributed by atoms with Gasteiger partial charge in [0.15, 0.2) is 23.3 Å². The van der Waals surface area contributed by atoms with E-state index in [-0.39, 0.29) is 57.2 Å². The maximum atomic E-state index is 15.6. The van der Waals surface area contributed by atoms with Crippen LogP contribution in [0.1, 0.15) is 111 Å². The van der Waals surface area contributed by atoms with E-state index in [0.29, 0.717) is 45.9 Å². The van der Waals surface area contributed by atoms with Crippen LogP contribution in [0.4, 0.5) is 32.8 Å². The van der Waals surface area contributed by atoms with Crippen molar-refractivity contribution in [2.45, 2.75) is 124 Å². The van der Waals surface area contributed by atoms with E-state index in [0.717, 1.165) is 108 Å². The number of benzene rings is 14. The second kappa shape index (κ2) is 45.4. The van der Waals surface area contributed by atoms with Crippen LogP contribution in [0, 0.1) is 117 Å². The molecule has 2 aliphatic rings. The average molecular weight is 1890 g/mol. The molecule has 6 heterocycles. The van der Waals surface area contributed by atoms with Crippen molar-refractivity contribution in [2.75, 3.05) is 10.2 Å². The van der Waals surface area contributed by atoms with E-state index in [1.807, 2.05) is 176 Å². The van der Waals surface area contributed by atoms with Crippen LogP contribution < -0.4 is 71.8 Å². The predicted octanol–water partition coefficient (Wildman–Crippen LogP) is 24.9. The Morgan fingerprint density at radius 3 is 0.810 bits per heavy atom. The van der Waals surface area contributed by atoms with Gasteiger partial charge >= 0.3 is 123 Å². The minimum atomic E-state index is -3.15. The van der Waals surface area contributed by atoms with E-state index in [4.69, 9.17) is 54.6 Å². The Hall–Kier alpha value is -10.2. The summed E-state index contributed by atoms with van der Waals surface area (Å²) in [7, 11) is -3.15. The van der Waals surface area contributed by atoms with Crippen LogP contribution in [0.2, 0.25) is 0 Å². The first-order valence-electron chi connectivity index (χ1n) is 46.1. The number of rotatable bonds is 14. The van der Waals surface area contributed by atoms with Gasteiger partial charge < -0.3 is 20.4 Å². The average Bonchev–Trinajstić information content (AvgIpc) is 0.709. The fourth-order valence-corrected chi connectivity index (χ4v) is 18.4. The summed E-state index contributed by atoms with van der Waals surface area (Å²) < 4.78 is 27.0. The maximum absolute atomic E-state index is 15.6. The molecule has 4 aromatic heterocycles. The Bertz CT molecular complexity index is 7110. The molecule has 20 rings (SSSR count). The third-order valence-corrected chi connectivity index (χ3v) is 27.4. The number of halogens is 1. The van der Waals surface area contributed by atoms with Gasteiger partial charge in [0.05, 0.1) is 62.6 Å². The van der Waals surface area contributed by atoms with Crippen LogP contribution in [0.15, 0.2) is 303 Å². The van der Waals surface area contributed by atoms with Crippen molar-refractivity contribution >= 4 is 99.8 Å². The Balaban J connectivity index is 0.000000167. The van der Waals surface area contributed by atoms with Crippen LogP contribution in [0.25, 0.3) is 136 Å². The van der Waals surface area contributed by atoms with E-state index in [2.05, 4.69) is 241 Å². The SMILES string of the molecule is Cc1c(C)c(C)c2c(c1C)Cc1c(C)c(C)c(C)c(C)c1N2.Cc1c(C)c(C)c2c(c1C)Cc1c(C)c(C)c(C)c(C)c1N2c1ccc(-c2cc(-c3ccccc3)nc(-c3ccccc3)n2)cc1-c1cc(-c2ccccc2)nc(-c2ccccc2)n1.Fc1ccc(-c2cc(-c3ccccc3)nc(-c3ccccc3)n2)cc1-c1cc(-c2ccccc2)nc(-c2ccccc2)n1.O=[P+]([O-])O[O-].[K+].[K][K]. The molecule has 0 bridgehead atoms. The molecular formula is C118H103FK3N10O4P. The van der Waals surface area contributed by atoms with Crippen molar-refractivity contribution in [3.05, 3.63) is 420 Å². The summed E-state index contributed by atoms with van der Waals surface area (Å²) in [6, 6.07) is 101. The number of hydrogen-bond donors (Lipinski definition) is 1. The van der Waals surface area contributed by atoms with Gasteiger partial charge in [-0.25, -0.2) is 48.9 Å². The molecule has 137 heavy (non-hydrogen) atoms. The van der Waals surface area contributed by atoms with Gasteiger partial charge in [-0.15, -0.1) is 0 Å².